The van der Waals surface area contributed by atoms with Crippen LogP contribution in [0, 0.1) is 0 Å². The van der Waals surface area contributed by atoms with Gasteiger partial charge in [-0.3, -0.25) is 0 Å². The normalized spacial score (nSPS) is 16.2. The topological polar surface area (TPSA) is 88.3 Å². The second kappa shape index (κ2) is 5.45. The lowest BCUT2D eigenvalue weighted by Crippen LogP contribution is -2.27. The van der Waals surface area contributed by atoms with E-state index in [1.807, 2.05) is 0 Å². The number of anilines is 1. The predicted octanol–water partition coefficient (Wildman–Crippen LogP) is 1.56. The lowest BCUT2D eigenvalue weighted by molar-refractivity contribution is 0.477. The molecule has 2 aromatic rings. The van der Waals surface area contributed by atoms with E-state index in [2.05, 4.69) is 15.5 Å². The van der Waals surface area contributed by atoms with Gasteiger partial charge < -0.3 is 9.73 Å². The van der Waals surface area contributed by atoms with Crippen LogP contribution < -0.4 is 5.32 Å². The lowest BCUT2D eigenvalue weighted by Gasteiger charge is -2.15. The summed E-state index contributed by atoms with van der Waals surface area (Å²) in [6.07, 6.45) is 1.82. The summed E-state index contributed by atoms with van der Waals surface area (Å²) in [5.41, 5.74) is 0.587. The van der Waals surface area contributed by atoms with E-state index in [9.17, 15) is 8.42 Å². The van der Waals surface area contributed by atoms with E-state index in [4.69, 9.17) is 4.42 Å². The third-order valence-corrected chi connectivity index (χ3v) is 5.32. The molecule has 1 fully saturated rings. The molecule has 0 atom stereocenters. The minimum Gasteiger partial charge on any atom is -0.403 e. The molecule has 0 saturated carbocycles. The van der Waals surface area contributed by atoms with E-state index >= 15 is 0 Å². The first-order valence-electron chi connectivity index (χ1n) is 6.73. The molecule has 0 aliphatic carbocycles. The van der Waals surface area contributed by atoms with Crippen molar-refractivity contribution in [3.05, 3.63) is 24.3 Å². The second-order valence-electron chi connectivity index (χ2n) is 4.80. The Morgan fingerprint density at radius 2 is 2.00 bits per heavy atom. The average molecular weight is 308 g/mol. The standard InChI is InChI=1S/C13H16N4O3S/c1-14-13-16-15-12(20-13)10-5-4-6-11(9-10)21(18,19)17-7-2-3-8-17/h4-6,9H,2-3,7-8H2,1H3,(H,14,16). The van der Waals surface area contributed by atoms with Crippen LogP contribution in [0.5, 0.6) is 0 Å². The zero-order chi connectivity index (χ0) is 14.9. The summed E-state index contributed by atoms with van der Waals surface area (Å²) in [6.45, 7) is 1.16. The number of rotatable bonds is 4. The van der Waals surface area contributed by atoms with Gasteiger partial charge in [0, 0.05) is 25.7 Å². The molecule has 1 saturated heterocycles. The van der Waals surface area contributed by atoms with Gasteiger partial charge in [-0.1, -0.05) is 11.2 Å². The Bertz CT molecular complexity index is 735. The monoisotopic (exact) mass is 308 g/mol. The van der Waals surface area contributed by atoms with Crippen LogP contribution in [-0.4, -0.2) is 43.1 Å². The van der Waals surface area contributed by atoms with Crippen LogP contribution in [0.1, 0.15) is 12.8 Å². The number of sulfonamides is 1. The lowest BCUT2D eigenvalue weighted by atomic mass is 10.2. The van der Waals surface area contributed by atoms with Crippen molar-refractivity contribution >= 4 is 16.0 Å². The van der Waals surface area contributed by atoms with Crippen LogP contribution >= 0.6 is 0 Å². The Morgan fingerprint density at radius 1 is 1.24 bits per heavy atom. The van der Waals surface area contributed by atoms with Gasteiger partial charge in [-0.2, -0.15) is 4.31 Å². The van der Waals surface area contributed by atoms with Gasteiger partial charge in [0.05, 0.1) is 4.90 Å². The fourth-order valence-corrected chi connectivity index (χ4v) is 3.87. The third-order valence-electron chi connectivity index (χ3n) is 3.42. The first-order chi connectivity index (χ1) is 10.1. The maximum Gasteiger partial charge on any atom is 0.315 e. The number of nitrogens with one attached hydrogen (secondary N) is 1. The highest BCUT2D eigenvalue weighted by Crippen LogP contribution is 2.26. The number of aromatic nitrogens is 2. The van der Waals surface area contributed by atoms with E-state index < -0.39 is 10.0 Å². The molecule has 0 unspecified atom stereocenters. The molecule has 1 N–H and O–H groups in total. The van der Waals surface area contributed by atoms with Crippen LogP contribution in [0.3, 0.4) is 0 Å². The molecule has 1 aromatic heterocycles. The van der Waals surface area contributed by atoms with Crippen molar-refractivity contribution in [2.75, 3.05) is 25.5 Å². The quantitative estimate of drug-likeness (QED) is 0.922. The summed E-state index contributed by atoms with van der Waals surface area (Å²) in [4.78, 5) is 0.256. The average Bonchev–Trinajstić information content (AvgIpc) is 3.19. The molecular weight excluding hydrogens is 292 g/mol. The van der Waals surface area contributed by atoms with Gasteiger partial charge in [-0.05, 0) is 31.0 Å². The molecule has 112 valence electrons. The first-order valence-corrected chi connectivity index (χ1v) is 8.17. The van der Waals surface area contributed by atoms with Gasteiger partial charge in [0.2, 0.25) is 15.9 Å². The van der Waals surface area contributed by atoms with Gasteiger partial charge >= 0.3 is 6.01 Å². The minimum absolute atomic E-state index is 0.256. The summed E-state index contributed by atoms with van der Waals surface area (Å²) < 4.78 is 31.9. The zero-order valence-electron chi connectivity index (χ0n) is 11.6. The second-order valence-corrected chi connectivity index (χ2v) is 6.74. The molecule has 1 aliphatic heterocycles. The molecule has 8 heteroatoms. The van der Waals surface area contributed by atoms with E-state index in [0.717, 1.165) is 12.8 Å². The van der Waals surface area contributed by atoms with Crippen LogP contribution in [0.15, 0.2) is 33.6 Å². The highest BCUT2D eigenvalue weighted by Gasteiger charge is 2.27. The summed E-state index contributed by atoms with van der Waals surface area (Å²) in [5.74, 6) is 0.290. The van der Waals surface area contributed by atoms with Crippen molar-refractivity contribution in [1.29, 1.82) is 0 Å². The van der Waals surface area contributed by atoms with Gasteiger partial charge in [0.25, 0.3) is 0 Å². The van der Waals surface area contributed by atoms with Crippen LogP contribution in [0.4, 0.5) is 6.01 Å². The largest absolute Gasteiger partial charge is 0.403 e. The molecule has 0 bridgehead atoms. The van der Waals surface area contributed by atoms with Gasteiger partial charge in [0.15, 0.2) is 0 Å². The number of nitrogens with zero attached hydrogens (tertiary/aromatic N) is 3. The number of hydrogen-bond donors (Lipinski definition) is 1. The number of benzene rings is 1. The molecule has 0 amide bonds. The Morgan fingerprint density at radius 3 is 2.67 bits per heavy atom. The molecular formula is C13H16N4O3S. The highest BCUT2D eigenvalue weighted by atomic mass is 32.2. The van der Waals surface area contributed by atoms with Crippen LogP contribution in [-0.2, 0) is 10.0 Å². The number of hydrogen-bond acceptors (Lipinski definition) is 6. The summed E-state index contributed by atoms with van der Waals surface area (Å²) in [6, 6.07) is 6.88. The minimum atomic E-state index is -3.44. The highest BCUT2D eigenvalue weighted by molar-refractivity contribution is 7.89. The van der Waals surface area contributed by atoms with Gasteiger partial charge in [-0.15, -0.1) is 5.10 Å². The molecule has 7 nitrogen and oxygen atoms in total. The Labute approximate surface area is 123 Å². The maximum absolute atomic E-state index is 12.5. The van der Waals surface area contributed by atoms with Crippen LogP contribution in [0.2, 0.25) is 0 Å². The summed E-state index contributed by atoms with van der Waals surface area (Å²) in [5, 5.41) is 10.4. The third kappa shape index (κ3) is 2.64. The first kappa shape index (κ1) is 14.0. The molecule has 0 spiro atoms. The van der Waals surface area contributed by atoms with E-state index in [1.165, 1.54) is 4.31 Å². The molecule has 1 aliphatic rings. The summed E-state index contributed by atoms with van der Waals surface area (Å²) >= 11 is 0. The van der Waals surface area contributed by atoms with Crippen molar-refractivity contribution in [3.63, 3.8) is 0 Å². The van der Waals surface area contributed by atoms with E-state index in [-0.39, 0.29) is 16.8 Å². The van der Waals surface area contributed by atoms with Crippen molar-refractivity contribution in [2.24, 2.45) is 0 Å². The SMILES string of the molecule is CNc1nnc(-c2cccc(S(=O)(=O)N3CCCC3)c2)o1. The van der Waals surface area contributed by atoms with Crippen molar-refractivity contribution in [3.8, 4) is 11.5 Å². The van der Waals surface area contributed by atoms with Gasteiger partial charge in [-0.25, -0.2) is 8.42 Å². The van der Waals surface area contributed by atoms with Gasteiger partial charge in [0.1, 0.15) is 0 Å². The fraction of sp³-hybridized carbons (Fsp3) is 0.385. The Kier molecular flexibility index (Phi) is 3.64. The fourth-order valence-electron chi connectivity index (χ4n) is 2.31. The maximum atomic E-state index is 12.5. The molecule has 21 heavy (non-hydrogen) atoms. The molecule has 2 heterocycles. The smallest absolute Gasteiger partial charge is 0.315 e. The van der Waals surface area contributed by atoms with Crippen molar-refractivity contribution in [2.45, 2.75) is 17.7 Å². The van der Waals surface area contributed by atoms with E-state index in [1.54, 1.807) is 31.3 Å². The van der Waals surface area contributed by atoms with Crippen molar-refractivity contribution < 1.29 is 12.8 Å². The molecule has 3 rings (SSSR count). The summed E-state index contributed by atoms with van der Waals surface area (Å²) in [7, 11) is -1.77. The van der Waals surface area contributed by atoms with Crippen molar-refractivity contribution in [1.82, 2.24) is 14.5 Å². The van der Waals surface area contributed by atoms with Crippen LogP contribution in [0.25, 0.3) is 11.5 Å². The molecule has 0 radical (unpaired) electrons. The zero-order valence-corrected chi connectivity index (χ0v) is 12.4. The Hall–Kier alpha value is -1.93. The Balaban J connectivity index is 1.96. The van der Waals surface area contributed by atoms with E-state index in [0.29, 0.717) is 18.7 Å². The molecule has 1 aromatic carbocycles. The predicted molar refractivity (Wildman–Crippen MR) is 77.3 cm³/mol.